The summed E-state index contributed by atoms with van der Waals surface area (Å²) in [5.41, 5.74) is 62.5. The highest BCUT2D eigenvalue weighted by Crippen LogP contribution is 2.12. The van der Waals surface area contributed by atoms with Crippen LogP contribution in [0.25, 0.3) is 0 Å². The van der Waals surface area contributed by atoms with Crippen LogP contribution in [0.3, 0.4) is 0 Å². The van der Waals surface area contributed by atoms with Crippen LogP contribution in [0.5, 0.6) is 0 Å². The molecule has 0 aliphatic rings. The van der Waals surface area contributed by atoms with E-state index in [2.05, 4.69) is 98.2 Å². The van der Waals surface area contributed by atoms with E-state index in [0.717, 1.165) is 6.42 Å². The number of carbonyl (C=O) groups excluding carboxylic acids is 16. The third-order valence-corrected chi connectivity index (χ3v) is 4.63. The standard InChI is InChI=1S/C21H43NO4.15CH3NO/c1-2-3-4-5-6-7-8-9-10-11-12-13-14-15-16-26-19-20(24)17-22-21(25)18-23;15*2-1-3/h20,23-24H,2-19H2,1H3,(H,22,25);15*1H,(H2,2,3). The zero-order chi connectivity index (χ0) is 59.9. The van der Waals surface area contributed by atoms with Crippen molar-refractivity contribution in [3.05, 3.63) is 0 Å². The summed E-state index contributed by atoms with van der Waals surface area (Å²) in [6, 6.07) is 0. The van der Waals surface area contributed by atoms with Gasteiger partial charge in [0.15, 0.2) is 0 Å². The van der Waals surface area contributed by atoms with Gasteiger partial charge >= 0.3 is 0 Å². The van der Waals surface area contributed by atoms with Gasteiger partial charge in [-0.05, 0) is 6.42 Å². The van der Waals surface area contributed by atoms with Crippen LogP contribution in [-0.2, 0) is 81.4 Å². The number of ether oxygens (including phenoxy) is 1. The highest BCUT2D eigenvalue weighted by atomic mass is 16.5. The number of nitrogens with two attached hydrogens (primary N) is 15. The number of unbranched alkanes of at least 4 members (excludes halogenated alkanes) is 13. The molecule has 71 heavy (non-hydrogen) atoms. The Balaban J connectivity index is -0.0000000392. The molecule has 0 saturated heterocycles. The first-order chi connectivity index (χ1) is 33.9. The summed E-state index contributed by atoms with van der Waals surface area (Å²) >= 11 is 0. The molecule has 33 N–H and O–H groups in total. The van der Waals surface area contributed by atoms with Gasteiger partial charge in [-0.25, -0.2) is 0 Å². The molecule has 0 spiro atoms. The number of carbonyl (C=O) groups is 16. The summed E-state index contributed by atoms with van der Waals surface area (Å²) in [5, 5.41) is 20.6. The Morgan fingerprint density at radius 2 is 0.549 bits per heavy atom. The van der Waals surface area contributed by atoms with Crippen molar-refractivity contribution in [2.75, 3.05) is 26.4 Å². The molecule has 426 valence electrons. The van der Waals surface area contributed by atoms with E-state index in [1.807, 2.05) is 0 Å². The molecule has 0 rings (SSSR count). The smallest absolute Gasteiger partial charge is 0.245 e. The predicted octanol–water partition coefficient (Wildman–Crippen LogP) is -9.52. The molecule has 0 radical (unpaired) electrons. The summed E-state index contributed by atoms with van der Waals surface area (Å²) in [7, 11) is 0. The average molecular weight is 1050 g/mol. The predicted molar refractivity (Wildman–Crippen MR) is 261 cm³/mol. The lowest BCUT2D eigenvalue weighted by atomic mass is 10.0. The summed E-state index contributed by atoms with van der Waals surface area (Å²) in [6.07, 6.45) is 21.7. The Morgan fingerprint density at radius 1 is 0.380 bits per heavy atom. The van der Waals surface area contributed by atoms with Gasteiger partial charge in [-0.1, -0.05) is 90.4 Å². The quantitative estimate of drug-likeness (QED) is 0.0398. The van der Waals surface area contributed by atoms with E-state index in [1.54, 1.807) is 0 Å². The van der Waals surface area contributed by atoms with E-state index in [9.17, 15) is 9.90 Å². The van der Waals surface area contributed by atoms with Crippen LogP contribution in [0.1, 0.15) is 96.8 Å². The van der Waals surface area contributed by atoms with Crippen molar-refractivity contribution in [2.24, 2.45) is 86.0 Å². The molecule has 0 aromatic rings. The number of amides is 16. The van der Waals surface area contributed by atoms with Crippen molar-refractivity contribution in [1.29, 1.82) is 0 Å². The molecule has 0 aliphatic carbocycles. The molecule has 0 aromatic carbocycles. The van der Waals surface area contributed by atoms with Gasteiger partial charge in [0.25, 0.3) is 0 Å². The van der Waals surface area contributed by atoms with Gasteiger partial charge in [0, 0.05) is 13.2 Å². The van der Waals surface area contributed by atoms with Crippen LogP contribution < -0.4 is 91.3 Å². The van der Waals surface area contributed by atoms with Gasteiger partial charge in [0.05, 0.1) is 12.7 Å². The minimum Gasteiger partial charge on any atom is -0.389 e. The van der Waals surface area contributed by atoms with E-state index in [-0.39, 0.29) is 109 Å². The van der Waals surface area contributed by atoms with Crippen LogP contribution >= 0.6 is 0 Å². The lowest BCUT2D eigenvalue weighted by molar-refractivity contribution is -0.124. The maximum absolute atomic E-state index is 10.8. The van der Waals surface area contributed by atoms with Gasteiger partial charge in [0.1, 0.15) is 6.61 Å². The fourth-order valence-corrected chi connectivity index (χ4v) is 2.96. The van der Waals surface area contributed by atoms with E-state index < -0.39 is 18.6 Å². The van der Waals surface area contributed by atoms with Crippen LogP contribution in [0.2, 0.25) is 0 Å². The van der Waals surface area contributed by atoms with Crippen molar-refractivity contribution < 1.29 is 91.7 Å². The Kier molecular flexibility index (Phi) is 328. The average Bonchev–Trinajstić information content (AvgIpc) is 3.29. The van der Waals surface area contributed by atoms with Crippen LogP contribution in [0.4, 0.5) is 0 Å². The lowest BCUT2D eigenvalue weighted by Gasteiger charge is -2.11. The molecule has 1 atom stereocenters. The maximum Gasteiger partial charge on any atom is 0.245 e. The fraction of sp³-hybridized carbons (Fsp3) is 0.556. The number of rotatable bonds is 20. The highest BCUT2D eigenvalue weighted by Gasteiger charge is 2.06. The van der Waals surface area contributed by atoms with Crippen LogP contribution in [-0.4, -0.2) is 145 Å². The Hall–Kier alpha value is -8.60. The highest BCUT2D eigenvalue weighted by molar-refractivity contribution is 5.76. The first-order valence-electron chi connectivity index (χ1n) is 19.4. The summed E-state index contributed by atoms with van der Waals surface area (Å²) < 4.78 is 5.40. The third-order valence-electron chi connectivity index (χ3n) is 4.63. The largest absolute Gasteiger partial charge is 0.389 e. The van der Waals surface area contributed by atoms with Gasteiger partial charge in [-0.2, -0.15) is 0 Å². The van der Waals surface area contributed by atoms with Crippen molar-refractivity contribution in [2.45, 2.75) is 103 Å². The molecular weight excluding hydrogens is 960 g/mol. The van der Waals surface area contributed by atoms with Crippen molar-refractivity contribution >= 4 is 102 Å². The second kappa shape index (κ2) is 213. The second-order valence-electron chi connectivity index (χ2n) is 9.33. The molecule has 0 fully saturated rings. The zero-order valence-electron chi connectivity index (χ0n) is 40.5. The molecule has 0 heterocycles. The molecule has 0 aliphatic heterocycles. The Morgan fingerprint density at radius 3 is 0.718 bits per heavy atom. The molecule has 35 nitrogen and oxygen atoms in total. The van der Waals surface area contributed by atoms with E-state index >= 15 is 0 Å². The molecule has 0 aromatic heterocycles. The van der Waals surface area contributed by atoms with Gasteiger partial charge in [-0.3, -0.25) is 76.7 Å². The first-order valence-corrected chi connectivity index (χ1v) is 19.4. The van der Waals surface area contributed by atoms with E-state index in [4.69, 9.17) is 81.8 Å². The number of primary amides is 15. The van der Waals surface area contributed by atoms with Crippen molar-refractivity contribution in [3.8, 4) is 0 Å². The number of nitrogens with one attached hydrogen (secondary N) is 1. The molecule has 0 saturated carbocycles. The van der Waals surface area contributed by atoms with E-state index in [0.29, 0.717) is 6.61 Å². The SMILES string of the molecule is CCCCCCCCCCCCCCCCOCC(O)CNC(=O)CO.NC=O.NC=O.NC=O.NC=O.NC=O.NC=O.NC=O.NC=O.NC=O.NC=O.NC=O.NC=O.NC=O.NC=O.NC=O. The number of hydrogen-bond donors (Lipinski definition) is 18. The molecular formula is C36H88N16O19. The lowest BCUT2D eigenvalue weighted by Crippen LogP contribution is -2.36. The summed E-state index contributed by atoms with van der Waals surface area (Å²) in [5.74, 6) is -0.476. The number of aliphatic hydroxyl groups excluding tert-OH is 2. The van der Waals surface area contributed by atoms with Crippen molar-refractivity contribution in [1.82, 2.24) is 5.32 Å². The summed E-state index contributed by atoms with van der Waals surface area (Å²) in [4.78, 5) is 140. The maximum atomic E-state index is 10.8. The number of hydrogen-bond acceptors (Lipinski definition) is 19. The topological polar surface area (TPSA) is 725 Å². The Labute approximate surface area is 414 Å². The van der Waals surface area contributed by atoms with Crippen LogP contribution in [0.15, 0.2) is 0 Å². The van der Waals surface area contributed by atoms with Gasteiger partial charge in [-0.15, -0.1) is 0 Å². The molecule has 35 heteroatoms. The van der Waals surface area contributed by atoms with Crippen LogP contribution in [0, 0.1) is 0 Å². The normalized spacial score (nSPS) is 7.03. The minimum absolute atomic E-state index is 0.123. The first kappa shape index (κ1) is 109. The minimum atomic E-state index is -0.711. The molecule has 1 unspecified atom stereocenters. The van der Waals surface area contributed by atoms with Gasteiger partial charge < -0.3 is 106 Å². The van der Waals surface area contributed by atoms with Gasteiger partial charge in [0.2, 0.25) is 102 Å². The molecule has 16 amide bonds. The van der Waals surface area contributed by atoms with Crippen molar-refractivity contribution in [3.63, 3.8) is 0 Å². The summed E-state index contributed by atoms with van der Waals surface area (Å²) in [6.45, 7) is 2.72. The Bertz CT molecular complexity index is 815. The second-order valence-corrected chi connectivity index (χ2v) is 9.33. The fourth-order valence-electron chi connectivity index (χ4n) is 2.96. The third kappa shape index (κ3) is 805. The molecule has 0 bridgehead atoms. The zero-order valence-corrected chi connectivity index (χ0v) is 40.5. The van der Waals surface area contributed by atoms with E-state index in [1.165, 1.54) is 83.5 Å². The number of aliphatic hydroxyl groups is 2. The monoisotopic (exact) mass is 1050 g/mol.